The number of ether oxygens (including phenoxy) is 1. The van der Waals surface area contributed by atoms with Gasteiger partial charge in [0.2, 0.25) is 0 Å². The lowest BCUT2D eigenvalue weighted by Gasteiger charge is -2.10. The fraction of sp³-hybridized carbons (Fsp3) is 0.250. The second-order valence-corrected chi connectivity index (χ2v) is 5.56. The van der Waals surface area contributed by atoms with E-state index in [4.69, 9.17) is 4.74 Å². The molecule has 0 aliphatic rings. The van der Waals surface area contributed by atoms with Gasteiger partial charge in [-0.25, -0.2) is 0 Å². The number of rotatable bonds is 4. The molecule has 116 valence electrons. The van der Waals surface area contributed by atoms with Crippen LogP contribution in [0.25, 0.3) is 22.2 Å². The normalized spacial score (nSPS) is 10.7. The van der Waals surface area contributed by atoms with Crippen molar-refractivity contribution in [1.82, 2.24) is 4.57 Å². The first-order valence-electron chi connectivity index (χ1n) is 7.95. The summed E-state index contributed by atoms with van der Waals surface area (Å²) in [5, 5.41) is 10.7. The van der Waals surface area contributed by atoms with Crippen LogP contribution >= 0.6 is 0 Å². The van der Waals surface area contributed by atoms with E-state index in [0.717, 1.165) is 40.0 Å². The lowest BCUT2D eigenvalue weighted by Crippen LogP contribution is -1.98. The van der Waals surface area contributed by atoms with Crippen molar-refractivity contribution in [2.75, 3.05) is 6.61 Å². The van der Waals surface area contributed by atoms with Crippen LogP contribution in [0.2, 0.25) is 0 Å². The van der Waals surface area contributed by atoms with Crippen LogP contribution in [-0.4, -0.2) is 11.2 Å². The van der Waals surface area contributed by atoms with E-state index >= 15 is 0 Å². The Hall–Kier alpha value is -2.73. The third-order valence-corrected chi connectivity index (χ3v) is 4.09. The van der Waals surface area contributed by atoms with Gasteiger partial charge in [-0.3, -0.25) is 0 Å². The Labute approximate surface area is 136 Å². The van der Waals surface area contributed by atoms with E-state index in [2.05, 4.69) is 36.6 Å². The predicted octanol–water partition coefficient (Wildman–Crippen LogP) is 4.91. The van der Waals surface area contributed by atoms with Gasteiger partial charge in [0.15, 0.2) is 0 Å². The molecule has 1 heterocycles. The minimum absolute atomic E-state index is 0.650. The van der Waals surface area contributed by atoms with Crippen molar-refractivity contribution in [3.63, 3.8) is 0 Å². The highest BCUT2D eigenvalue weighted by atomic mass is 16.5. The van der Waals surface area contributed by atoms with E-state index in [0.29, 0.717) is 6.61 Å². The molecular formula is C20H20N2O. The van der Waals surface area contributed by atoms with Crippen molar-refractivity contribution in [3.8, 4) is 23.1 Å². The molecule has 2 aromatic carbocycles. The van der Waals surface area contributed by atoms with Crippen molar-refractivity contribution in [1.29, 1.82) is 5.26 Å². The molecule has 0 aliphatic carbocycles. The average molecular weight is 304 g/mol. The summed E-state index contributed by atoms with van der Waals surface area (Å²) in [7, 11) is 0. The van der Waals surface area contributed by atoms with E-state index < -0.39 is 0 Å². The first-order valence-corrected chi connectivity index (χ1v) is 7.95. The van der Waals surface area contributed by atoms with E-state index in [9.17, 15) is 5.26 Å². The zero-order chi connectivity index (χ0) is 16.4. The molecule has 3 rings (SSSR count). The molecule has 23 heavy (non-hydrogen) atoms. The molecule has 0 spiro atoms. The molecule has 0 aliphatic heterocycles. The molecule has 0 unspecified atom stereocenters. The van der Waals surface area contributed by atoms with Gasteiger partial charge in [-0.05, 0) is 62.2 Å². The zero-order valence-electron chi connectivity index (χ0n) is 13.8. The Morgan fingerprint density at radius 1 is 1.09 bits per heavy atom. The molecule has 0 fully saturated rings. The summed E-state index contributed by atoms with van der Waals surface area (Å²) < 4.78 is 7.73. The van der Waals surface area contributed by atoms with Crippen molar-refractivity contribution < 1.29 is 4.74 Å². The Balaban J connectivity index is 2.25. The maximum absolute atomic E-state index is 9.71. The monoisotopic (exact) mass is 304 g/mol. The lowest BCUT2D eigenvalue weighted by atomic mass is 10.1. The van der Waals surface area contributed by atoms with Crippen LogP contribution in [0.4, 0.5) is 0 Å². The fourth-order valence-corrected chi connectivity index (χ4v) is 3.08. The number of aromatic nitrogens is 1. The molecule has 0 bridgehead atoms. The molecule has 3 aromatic rings. The molecule has 0 amide bonds. The molecule has 3 heteroatoms. The van der Waals surface area contributed by atoms with Crippen molar-refractivity contribution >= 4 is 10.9 Å². The summed E-state index contributed by atoms with van der Waals surface area (Å²) in [5.41, 5.74) is 5.09. The van der Waals surface area contributed by atoms with Gasteiger partial charge in [0.1, 0.15) is 11.8 Å². The van der Waals surface area contributed by atoms with Gasteiger partial charge < -0.3 is 9.30 Å². The van der Waals surface area contributed by atoms with E-state index in [1.807, 2.05) is 37.3 Å². The van der Waals surface area contributed by atoms with Crippen LogP contribution in [0.5, 0.6) is 5.75 Å². The van der Waals surface area contributed by atoms with Gasteiger partial charge in [-0.15, -0.1) is 0 Å². The highest BCUT2D eigenvalue weighted by Gasteiger charge is 2.17. The van der Waals surface area contributed by atoms with Gasteiger partial charge in [-0.1, -0.05) is 12.1 Å². The number of nitriles is 1. The predicted molar refractivity (Wildman–Crippen MR) is 93.7 cm³/mol. The number of hydrogen-bond donors (Lipinski definition) is 0. The Morgan fingerprint density at radius 3 is 2.43 bits per heavy atom. The standard InChI is InChI=1S/C20H20N2O/c1-4-22-19-12-14(3)6-11-17(19)18(13-21)20(22)15-7-9-16(10-8-15)23-5-2/h6-12H,4-5H2,1-3H3. The quantitative estimate of drug-likeness (QED) is 0.687. The molecule has 0 saturated carbocycles. The van der Waals surface area contributed by atoms with Crippen molar-refractivity contribution in [2.45, 2.75) is 27.3 Å². The van der Waals surface area contributed by atoms with E-state index in [1.165, 1.54) is 5.56 Å². The Kier molecular flexibility index (Phi) is 4.08. The molecule has 0 saturated heterocycles. The smallest absolute Gasteiger partial charge is 0.119 e. The summed E-state index contributed by atoms with van der Waals surface area (Å²) in [4.78, 5) is 0. The van der Waals surface area contributed by atoms with Gasteiger partial charge in [0.05, 0.1) is 23.4 Å². The number of fused-ring (bicyclic) bond motifs is 1. The SMILES string of the molecule is CCOc1ccc(-c2c(C#N)c3ccc(C)cc3n2CC)cc1. The number of benzene rings is 2. The molecule has 3 nitrogen and oxygen atoms in total. The lowest BCUT2D eigenvalue weighted by molar-refractivity contribution is 0.340. The number of aryl methyl sites for hydroxylation is 2. The minimum Gasteiger partial charge on any atom is -0.494 e. The first-order chi connectivity index (χ1) is 11.2. The summed E-state index contributed by atoms with van der Waals surface area (Å²) in [6, 6.07) is 16.6. The molecule has 0 N–H and O–H groups in total. The van der Waals surface area contributed by atoms with Gasteiger partial charge >= 0.3 is 0 Å². The van der Waals surface area contributed by atoms with Gasteiger partial charge in [0, 0.05) is 11.9 Å². The number of hydrogen-bond acceptors (Lipinski definition) is 2. The topological polar surface area (TPSA) is 37.9 Å². The summed E-state index contributed by atoms with van der Waals surface area (Å²) in [5.74, 6) is 0.852. The summed E-state index contributed by atoms with van der Waals surface area (Å²) >= 11 is 0. The van der Waals surface area contributed by atoms with Crippen LogP contribution in [0, 0.1) is 18.3 Å². The van der Waals surface area contributed by atoms with Crippen LogP contribution in [0.15, 0.2) is 42.5 Å². The Morgan fingerprint density at radius 2 is 1.83 bits per heavy atom. The summed E-state index contributed by atoms with van der Waals surface area (Å²) in [6.45, 7) is 7.64. The molecular weight excluding hydrogens is 284 g/mol. The summed E-state index contributed by atoms with van der Waals surface area (Å²) in [6.07, 6.45) is 0. The highest BCUT2D eigenvalue weighted by molar-refractivity contribution is 5.94. The minimum atomic E-state index is 0.650. The third kappa shape index (κ3) is 2.57. The maximum atomic E-state index is 9.71. The van der Waals surface area contributed by atoms with Crippen LogP contribution < -0.4 is 4.74 Å². The first kappa shape index (κ1) is 15.2. The van der Waals surface area contributed by atoms with Crippen LogP contribution in [0.3, 0.4) is 0 Å². The third-order valence-electron chi connectivity index (χ3n) is 4.09. The highest BCUT2D eigenvalue weighted by Crippen LogP contribution is 2.34. The van der Waals surface area contributed by atoms with Gasteiger partial charge in [0.25, 0.3) is 0 Å². The van der Waals surface area contributed by atoms with Crippen molar-refractivity contribution in [2.24, 2.45) is 0 Å². The van der Waals surface area contributed by atoms with Gasteiger partial charge in [-0.2, -0.15) is 5.26 Å². The maximum Gasteiger partial charge on any atom is 0.119 e. The van der Waals surface area contributed by atoms with E-state index in [-0.39, 0.29) is 0 Å². The molecule has 0 radical (unpaired) electrons. The average Bonchev–Trinajstić information content (AvgIpc) is 2.88. The van der Waals surface area contributed by atoms with Crippen LogP contribution in [0.1, 0.15) is 25.0 Å². The largest absolute Gasteiger partial charge is 0.494 e. The second-order valence-electron chi connectivity index (χ2n) is 5.56. The van der Waals surface area contributed by atoms with Crippen LogP contribution in [-0.2, 0) is 6.54 Å². The van der Waals surface area contributed by atoms with E-state index in [1.54, 1.807) is 0 Å². The molecule has 1 aromatic heterocycles. The Bertz CT molecular complexity index is 883. The molecule has 0 atom stereocenters. The van der Waals surface area contributed by atoms with Crippen molar-refractivity contribution in [3.05, 3.63) is 53.6 Å². The zero-order valence-corrected chi connectivity index (χ0v) is 13.8. The second kappa shape index (κ2) is 6.18. The number of nitrogens with zero attached hydrogens (tertiary/aromatic N) is 2. The fourth-order valence-electron chi connectivity index (χ4n) is 3.08.